The van der Waals surface area contributed by atoms with Crippen LogP contribution < -0.4 is 0 Å². The third-order valence-electron chi connectivity index (χ3n) is 5.36. The summed E-state index contributed by atoms with van der Waals surface area (Å²) in [6, 6.07) is 24.2. The minimum atomic E-state index is 0.707. The van der Waals surface area contributed by atoms with Gasteiger partial charge in [-0.05, 0) is 36.8 Å². The molecule has 0 fully saturated rings. The van der Waals surface area contributed by atoms with Crippen molar-refractivity contribution in [2.24, 2.45) is 0 Å². The summed E-state index contributed by atoms with van der Waals surface area (Å²) in [4.78, 5) is 8.34. The molecule has 5 aromatic rings. The minimum absolute atomic E-state index is 0.707. The molecule has 0 saturated heterocycles. The third kappa shape index (κ3) is 3.41. The average Bonchev–Trinajstić information content (AvgIpc) is 3.30. The number of benzene rings is 3. The van der Waals surface area contributed by atoms with Gasteiger partial charge in [-0.25, -0.2) is 4.98 Å². The van der Waals surface area contributed by atoms with E-state index in [9.17, 15) is 0 Å². The summed E-state index contributed by atoms with van der Waals surface area (Å²) in [5.74, 6) is 0.960. The Balaban J connectivity index is 1.74. The predicted molar refractivity (Wildman–Crippen MR) is 125 cm³/mol. The van der Waals surface area contributed by atoms with Crippen LogP contribution in [-0.4, -0.2) is 14.5 Å². The highest BCUT2D eigenvalue weighted by atomic mass is 35.5. The highest BCUT2D eigenvalue weighted by Crippen LogP contribution is 2.37. The monoisotopic (exact) mass is 431 g/mol. The van der Waals surface area contributed by atoms with Crippen LogP contribution in [0, 0.1) is 6.92 Å². The van der Waals surface area contributed by atoms with Crippen molar-refractivity contribution in [3.05, 3.63) is 100 Å². The number of H-pyrrole nitrogens is 1. The van der Waals surface area contributed by atoms with Gasteiger partial charge in [-0.15, -0.1) is 0 Å². The molecule has 5 heteroatoms. The van der Waals surface area contributed by atoms with Gasteiger partial charge in [0.25, 0.3) is 0 Å². The molecule has 0 atom stereocenters. The molecular formula is C25H19Cl2N3. The second-order valence-electron chi connectivity index (χ2n) is 7.33. The summed E-state index contributed by atoms with van der Waals surface area (Å²) < 4.78 is 2.27. The fourth-order valence-electron chi connectivity index (χ4n) is 3.90. The zero-order valence-electron chi connectivity index (χ0n) is 16.4. The van der Waals surface area contributed by atoms with Crippen molar-refractivity contribution in [2.45, 2.75) is 13.5 Å². The lowest BCUT2D eigenvalue weighted by molar-refractivity contribution is 0.769. The molecule has 0 saturated carbocycles. The second kappa shape index (κ2) is 7.67. The van der Waals surface area contributed by atoms with Crippen molar-refractivity contribution < 1.29 is 0 Å². The molecule has 0 aliphatic heterocycles. The number of aromatic nitrogens is 3. The van der Waals surface area contributed by atoms with Crippen LogP contribution >= 0.6 is 23.2 Å². The average molecular weight is 432 g/mol. The Morgan fingerprint density at radius 2 is 1.63 bits per heavy atom. The van der Waals surface area contributed by atoms with E-state index < -0.39 is 0 Å². The van der Waals surface area contributed by atoms with Gasteiger partial charge in [0.15, 0.2) is 0 Å². The SMILES string of the molecule is Cc1nc(-c2ccccc2)c(-c2c[nH]c3cc(Cl)ccc23)n1Cc1ccc(Cl)cc1. The molecular weight excluding hydrogens is 413 g/mol. The van der Waals surface area contributed by atoms with Crippen molar-refractivity contribution in [1.82, 2.24) is 14.5 Å². The number of fused-ring (bicyclic) bond motifs is 1. The van der Waals surface area contributed by atoms with Gasteiger partial charge in [0, 0.05) is 44.8 Å². The van der Waals surface area contributed by atoms with Gasteiger partial charge in [-0.3, -0.25) is 0 Å². The highest BCUT2D eigenvalue weighted by molar-refractivity contribution is 6.31. The van der Waals surface area contributed by atoms with Gasteiger partial charge in [-0.2, -0.15) is 0 Å². The maximum absolute atomic E-state index is 6.21. The third-order valence-corrected chi connectivity index (χ3v) is 5.85. The zero-order valence-corrected chi connectivity index (χ0v) is 17.9. The van der Waals surface area contributed by atoms with Crippen LogP contribution in [0.3, 0.4) is 0 Å². The first-order valence-electron chi connectivity index (χ1n) is 9.74. The number of rotatable bonds is 4. The number of nitrogens with zero attached hydrogens (tertiary/aromatic N) is 2. The van der Waals surface area contributed by atoms with Gasteiger partial charge < -0.3 is 9.55 Å². The topological polar surface area (TPSA) is 33.6 Å². The van der Waals surface area contributed by atoms with Crippen molar-refractivity contribution in [3.8, 4) is 22.5 Å². The molecule has 0 unspecified atom stereocenters. The maximum atomic E-state index is 6.21. The van der Waals surface area contributed by atoms with E-state index in [0.29, 0.717) is 11.6 Å². The lowest BCUT2D eigenvalue weighted by Gasteiger charge is -2.12. The fraction of sp³-hybridized carbons (Fsp3) is 0.0800. The van der Waals surface area contributed by atoms with E-state index in [4.69, 9.17) is 28.2 Å². The number of halogens is 2. The first kappa shape index (κ1) is 19.0. The molecule has 0 spiro atoms. The van der Waals surface area contributed by atoms with Gasteiger partial charge in [-0.1, -0.05) is 71.7 Å². The number of aryl methyl sites for hydroxylation is 1. The van der Waals surface area contributed by atoms with Crippen LogP contribution in [-0.2, 0) is 6.54 Å². The van der Waals surface area contributed by atoms with Gasteiger partial charge in [0.1, 0.15) is 5.82 Å². The second-order valence-corrected chi connectivity index (χ2v) is 8.20. The molecule has 0 amide bonds. The molecule has 2 aromatic heterocycles. The summed E-state index contributed by atoms with van der Waals surface area (Å²) in [5.41, 5.74) is 6.43. The van der Waals surface area contributed by atoms with E-state index in [1.54, 1.807) is 0 Å². The zero-order chi connectivity index (χ0) is 20.7. The molecule has 3 nitrogen and oxygen atoms in total. The van der Waals surface area contributed by atoms with Crippen molar-refractivity contribution >= 4 is 34.1 Å². The van der Waals surface area contributed by atoms with Crippen LogP contribution in [0.2, 0.25) is 10.0 Å². The normalized spacial score (nSPS) is 11.3. The first-order chi connectivity index (χ1) is 14.6. The van der Waals surface area contributed by atoms with Crippen molar-refractivity contribution in [2.75, 3.05) is 0 Å². The number of hydrogen-bond donors (Lipinski definition) is 1. The molecule has 30 heavy (non-hydrogen) atoms. The summed E-state index contributed by atoms with van der Waals surface area (Å²) in [5, 5.41) is 2.57. The van der Waals surface area contributed by atoms with Crippen molar-refractivity contribution in [1.29, 1.82) is 0 Å². The lowest BCUT2D eigenvalue weighted by Crippen LogP contribution is -2.04. The summed E-state index contributed by atoms with van der Waals surface area (Å²) in [6.07, 6.45) is 2.04. The van der Waals surface area contributed by atoms with Gasteiger partial charge >= 0.3 is 0 Å². The van der Waals surface area contributed by atoms with E-state index in [0.717, 1.165) is 44.3 Å². The van der Waals surface area contributed by atoms with Crippen LogP contribution in [0.25, 0.3) is 33.4 Å². The van der Waals surface area contributed by atoms with Crippen LogP contribution in [0.4, 0.5) is 0 Å². The summed E-state index contributed by atoms with van der Waals surface area (Å²) in [7, 11) is 0. The molecule has 0 bridgehead atoms. The Labute approximate surface area is 184 Å². The molecule has 148 valence electrons. The molecule has 1 N–H and O–H groups in total. The highest BCUT2D eigenvalue weighted by Gasteiger charge is 2.21. The van der Waals surface area contributed by atoms with Gasteiger partial charge in [0.05, 0.1) is 11.4 Å². The fourth-order valence-corrected chi connectivity index (χ4v) is 4.19. The summed E-state index contributed by atoms with van der Waals surface area (Å²) in [6.45, 7) is 2.76. The van der Waals surface area contributed by atoms with E-state index in [2.05, 4.69) is 46.8 Å². The van der Waals surface area contributed by atoms with E-state index >= 15 is 0 Å². The Morgan fingerprint density at radius 1 is 0.900 bits per heavy atom. The standard InChI is InChI=1S/C25H19Cl2N3/c1-16-29-24(18-5-3-2-4-6-18)25(30(16)15-17-7-9-19(26)10-8-17)22-14-28-23-13-20(27)11-12-21(22)23/h2-14,28H,15H2,1H3. The van der Waals surface area contributed by atoms with E-state index in [-0.39, 0.29) is 0 Å². The molecule has 0 aliphatic rings. The summed E-state index contributed by atoms with van der Waals surface area (Å²) >= 11 is 12.3. The predicted octanol–water partition coefficient (Wildman–Crippen LogP) is 7.36. The number of nitrogens with one attached hydrogen (secondary N) is 1. The minimum Gasteiger partial charge on any atom is -0.360 e. The van der Waals surface area contributed by atoms with E-state index in [1.165, 1.54) is 5.56 Å². The lowest BCUT2D eigenvalue weighted by atomic mass is 10.0. The number of aromatic amines is 1. The Hall–Kier alpha value is -3.01. The Kier molecular flexibility index (Phi) is 4.86. The maximum Gasteiger partial charge on any atom is 0.107 e. The molecule has 5 rings (SSSR count). The quantitative estimate of drug-likeness (QED) is 0.316. The largest absolute Gasteiger partial charge is 0.360 e. The molecule has 3 aromatic carbocycles. The van der Waals surface area contributed by atoms with Crippen LogP contribution in [0.5, 0.6) is 0 Å². The Bertz CT molecular complexity index is 1330. The van der Waals surface area contributed by atoms with Gasteiger partial charge in [0.2, 0.25) is 0 Å². The smallest absolute Gasteiger partial charge is 0.107 e. The number of imidazole rings is 1. The number of hydrogen-bond acceptors (Lipinski definition) is 1. The molecule has 0 radical (unpaired) electrons. The molecule has 2 heterocycles. The Morgan fingerprint density at radius 3 is 2.40 bits per heavy atom. The first-order valence-corrected chi connectivity index (χ1v) is 10.5. The van der Waals surface area contributed by atoms with Crippen LogP contribution in [0.15, 0.2) is 79.0 Å². The molecule has 0 aliphatic carbocycles. The van der Waals surface area contributed by atoms with Crippen molar-refractivity contribution in [3.63, 3.8) is 0 Å². The van der Waals surface area contributed by atoms with Crippen LogP contribution in [0.1, 0.15) is 11.4 Å². The van der Waals surface area contributed by atoms with E-state index in [1.807, 2.05) is 48.7 Å².